The first-order valence-corrected chi connectivity index (χ1v) is 8.59. The van der Waals surface area contributed by atoms with Crippen molar-refractivity contribution >= 4 is 33.0 Å². The largest absolute Gasteiger partial charge is 0.469 e. The Morgan fingerprint density at radius 2 is 1.95 bits per heavy atom. The minimum atomic E-state index is -3.52. The summed E-state index contributed by atoms with van der Waals surface area (Å²) in [6.45, 7) is 0. The number of carbonyl (C=O) groups excluding carboxylic acids is 1. The van der Waals surface area contributed by atoms with Crippen LogP contribution in [-0.2, 0) is 26.0 Å². The number of benzene rings is 1. The second kappa shape index (κ2) is 6.73. The summed E-state index contributed by atoms with van der Waals surface area (Å²) >= 11 is 1.16. The zero-order valence-corrected chi connectivity index (χ0v) is 13.0. The van der Waals surface area contributed by atoms with E-state index in [1.165, 1.54) is 7.11 Å². The third kappa shape index (κ3) is 4.30. The quantitative estimate of drug-likeness (QED) is 0.829. The molecule has 0 amide bonds. The SMILES string of the molecule is COC(=O)CCc1ccc(NS(=O)(=O)c2cccs2)cc1. The lowest BCUT2D eigenvalue weighted by Crippen LogP contribution is -2.11. The first-order chi connectivity index (χ1) is 10.0. The van der Waals surface area contributed by atoms with Crippen LogP contribution in [-0.4, -0.2) is 21.5 Å². The van der Waals surface area contributed by atoms with Gasteiger partial charge in [0.1, 0.15) is 4.21 Å². The predicted molar refractivity (Wildman–Crippen MR) is 81.9 cm³/mol. The van der Waals surface area contributed by atoms with Crippen LogP contribution in [0, 0.1) is 0 Å². The standard InChI is InChI=1S/C14H15NO4S2/c1-19-13(16)9-6-11-4-7-12(8-5-11)15-21(17,18)14-3-2-10-20-14/h2-5,7-8,10,15H,6,9H2,1H3. The van der Waals surface area contributed by atoms with Crippen LogP contribution < -0.4 is 4.72 Å². The zero-order valence-electron chi connectivity index (χ0n) is 11.4. The zero-order chi connectivity index (χ0) is 15.3. The molecule has 1 aromatic carbocycles. The molecule has 112 valence electrons. The second-order valence-electron chi connectivity index (χ2n) is 4.31. The Morgan fingerprint density at radius 1 is 1.24 bits per heavy atom. The number of aryl methyl sites for hydroxylation is 1. The number of nitrogens with one attached hydrogen (secondary N) is 1. The summed E-state index contributed by atoms with van der Waals surface area (Å²) in [4.78, 5) is 11.1. The topological polar surface area (TPSA) is 72.5 Å². The summed E-state index contributed by atoms with van der Waals surface area (Å²) in [5.41, 5.74) is 1.43. The van der Waals surface area contributed by atoms with Gasteiger partial charge in [-0.15, -0.1) is 11.3 Å². The van der Waals surface area contributed by atoms with Gasteiger partial charge in [-0.3, -0.25) is 9.52 Å². The van der Waals surface area contributed by atoms with Crippen molar-refractivity contribution in [1.29, 1.82) is 0 Å². The lowest BCUT2D eigenvalue weighted by Gasteiger charge is -2.07. The molecule has 0 saturated heterocycles. The first-order valence-electron chi connectivity index (χ1n) is 6.23. The monoisotopic (exact) mass is 325 g/mol. The molecular weight excluding hydrogens is 310 g/mol. The fourth-order valence-electron chi connectivity index (χ4n) is 1.71. The molecule has 0 radical (unpaired) electrons. The normalized spacial score (nSPS) is 11.1. The highest BCUT2D eigenvalue weighted by Crippen LogP contribution is 2.20. The number of thiophene rings is 1. The molecule has 2 rings (SSSR count). The summed E-state index contributed by atoms with van der Waals surface area (Å²) in [5.74, 6) is -0.266. The van der Waals surface area contributed by atoms with Crippen molar-refractivity contribution in [1.82, 2.24) is 0 Å². The van der Waals surface area contributed by atoms with Crippen molar-refractivity contribution < 1.29 is 17.9 Å². The smallest absolute Gasteiger partial charge is 0.305 e. The van der Waals surface area contributed by atoms with Gasteiger partial charge < -0.3 is 4.74 Å². The molecule has 1 heterocycles. The lowest BCUT2D eigenvalue weighted by molar-refractivity contribution is -0.140. The van der Waals surface area contributed by atoms with E-state index in [4.69, 9.17) is 0 Å². The number of hydrogen-bond acceptors (Lipinski definition) is 5. The van der Waals surface area contributed by atoms with E-state index in [0.717, 1.165) is 16.9 Å². The molecule has 0 atom stereocenters. The van der Waals surface area contributed by atoms with E-state index in [1.54, 1.807) is 41.8 Å². The van der Waals surface area contributed by atoms with Gasteiger partial charge in [0.2, 0.25) is 0 Å². The van der Waals surface area contributed by atoms with Crippen molar-refractivity contribution in [3.05, 3.63) is 47.3 Å². The molecule has 0 spiro atoms. The van der Waals surface area contributed by atoms with Gasteiger partial charge in [0.25, 0.3) is 10.0 Å². The molecule has 0 bridgehead atoms. The van der Waals surface area contributed by atoms with Crippen molar-refractivity contribution in [2.75, 3.05) is 11.8 Å². The fraction of sp³-hybridized carbons (Fsp3) is 0.214. The van der Waals surface area contributed by atoms with Gasteiger partial charge in [-0.25, -0.2) is 8.42 Å². The van der Waals surface area contributed by atoms with E-state index in [2.05, 4.69) is 9.46 Å². The van der Waals surface area contributed by atoms with E-state index in [0.29, 0.717) is 18.5 Å². The molecular formula is C14H15NO4S2. The predicted octanol–water partition coefficient (Wildman–Crippen LogP) is 2.65. The van der Waals surface area contributed by atoms with E-state index in [9.17, 15) is 13.2 Å². The van der Waals surface area contributed by atoms with Gasteiger partial charge >= 0.3 is 5.97 Å². The number of ether oxygens (including phenoxy) is 1. The Hall–Kier alpha value is -1.86. The molecule has 0 fully saturated rings. The van der Waals surface area contributed by atoms with Crippen LogP contribution in [0.1, 0.15) is 12.0 Å². The Balaban J connectivity index is 2.01. The Labute approximate surface area is 127 Å². The third-order valence-corrected chi connectivity index (χ3v) is 5.59. The molecule has 7 heteroatoms. The lowest BCUT2D eigenvalue weighted by atomic mass is 10.1. The fourth-order valence-corrected chi connectivity index (χ4v) is 3.76. The molecule has 0 aliphatic rings. The second-order valence-corrected chi connectivity index (χ2v) is 7.17. The molecule has 0 saturated carbocycles. The average Bonchev–Trinajstić information content (AvgIpc) is 3.01. The minimum absolute atomic E-state index is 0.266. The summed E-state index contributed by atoms with van der Waals surface area (Å²) < 4.78 is 31.4. The average molecular weight is 325 g/mol. The highest BCUT2D eigenvalue weighted by Gasteiger charge is 2.14. The number of sulfonamides is 1. The number of methoxy groups -OCH3 is 1. The molecule has 2 aromatic rings. The summed E-state index contributed by atoms with van der Waals surface area (Å²) in [5, 5.41) is 1.71. The maximum Gasteiger partial charge on any atom is 0.305 e. The number of carbonyl (C=O) groups is 1. The van der Waals surface area contributed by atoms with Crippen molar-refractivity contribution in [3.8, 4) is 0 Å². The van der Waals surface area contributed by atoms with Gasteiger partial charge in [0.05, 0.1) is 7.11 Å². The molecule has 1 aromatic heterocycles. The van der Waals surface area contributed by atoms with E-state index >= 15 is 0 Å². The first kappa shape index (κ1) is 15.5. The Kier molecular flexibility index (Phi) is 4.98. The molecule has 21 heavy (non-hydrogen) atoms. The van der Waals surface area contributed by atoms with Crippen LogP contribution in [0.25, 0.3) is 0 Å². The number of anilines is 1. The Morgan fingerprint density at radius 3 is 2.52 bits per heavy atom. The van der Waals surface area contributed by atoms with Crippen molar-refractivity contribution in [2.24, 2.45) is 0 Å². The van der Waals surface area contributed by atoms with Gasteiger partial charge in [-0.1, -0.05) is 18.2 Å². The van der Waals surface area contributed by atoms with Crippen LogP contribution in [0.3, 0.4) is 0 Å². The van der Waals surface area contributed by atoms with Gasteiger partial charge in [-0.05, 0) is 35.6 Å². The van der Waals surface area contributed by atoms with Gasteiger partial charge in [0, 0.05) is 12.1 Å². The van der Waals surface area contributed by atoms with E-state index in [1.807, 2.05) is 0 Å². The summed E-state index contributed by atoms with van der Waals surface area (Å²) in [7, 11) is -2.17. The molecule has 0 aliphatic carbocycles. The third-order valence-electron chi connectivity index (χ3n) is 2.81. The van der Waals surface area contributed by atoms with Crippen LogP contribution in [0.15, 0.2) is 46.0 Å². The van der Waals surface area contributed by atoms with E-state index in [-0.39, 0.29) is 10.2 Å². The Bertz CT molecular complexity index is 691. The molecule has 1 N–H and O–H groups in total. The highest BCUT2D eigenvalue weighted by atomic mass is 32.2. The van der Waals surface area contributed by atoms with Gasteiger partial charge in [0.15, 0.2) is 0 Å². The van der Waals surface area contributed by atoms with Crippen LogP contribution in [0.5, 0.6) is 0 Å². The van der Waals surface area contributed by atoms with Crippen LogP contribution in [0.2, 0.25) is 0 Å². The van der Waals surface area contributed by atoms with Crippen LogP contribution in [0.4, 0.5) is 5.69 Å². The van der Waals surface area contributed by atoms with Crippen LogP contribution >= 0.6 is 11.3 Å². The maximum absolute atomic E-state index is 12.0. The summed E-state index contributed by atoms with van der Waals surface area (Å²) in [6.07, 6.45) is 0.862. The van der Waals surface area contributed by atoms with E-state index < -0.39 is 10.0 Å². The number of hydrogen-bond donors (Lipinski definition) is 1. The molecule has 0 aliphatic heterocycles. The number of esters is 1. The van der Waals surface area contributed by atoms with Crippen molar-refractivity contribution in [3.63, 3.8) is 0 Å². The highest BCUT2D eigenvalue weighted by molar-refractivity contribution is 7.94. The van der Waals surface area contributed by atoms with Crippen molar-refractivity contribution in [2.45, 2.75) is 17.1 Å². The maximum atomic E-state index is 12.0. The van der Waals surface area contributed by atoms with Gasteiger partial charge in [-0.2, -0.15) is 0 Å². The molecule has 0 unspecified atom stereocenters. The number of rotatable bonds is 6. The summed E-state index contributed by atoms with van der Waals surface area (Å²) in [6, 6.07) is 10.2. The minimum Gasteiger partial charge on any atom is -0.469 e. The molecule has 5 nitrogen and oxygen atoms in total.